The second kappa shape index (κ2) is 3.02. The summed E-state index contributed by atoms with van der Waals surface area (Å²) in [6.07, 6.45) is 6.13. The molecule has 3 rings (SSSR count). The first-order chi connectivity index (χ1) is 7.25. The van der Waals surface area contributed by atoms with Gasteiger partial charge >= 0.3 is 0 Å². The van der Waals surface area contributed by atoms with Gasteiger partial charge in [0.2, 0.25) is 0 Å². The Morgan fingerprint density at radius 3 is 2.53 bits per heavy atom. The van der Waals surface area contributed by atoms with Crippen LogP contribution in [0.4, 0.5) is 5.69 Å². The van der Waals surface area contributed by atoms with E-state index in [1.54, 1.807) is 0 Å². The van der Waals surface area contributed by atoms with Crippen LogP contribution in [0.3, 0.4) is 0 Å². The van der Waals surface area contributed by atoms with Crippen molar-refractivity contribution in [1.82, 2.24) is 0 Å². The molecule has 0 aliphatic heterocycles. The summed E-state index contributed by atoms with van der Waals surface area (Å²) in [5, 5.41) is 3.25. The monoisotopic (exact) mass is 200 g/mol. The van der Waals surface area contributed by atoms with Crippen LogP contribution in [-0.2, 0) is 25.7 Å². The fourth-order valence-corrected chi connectivity index (χ4v) is 2.75. The lowest BCUT2D eigenvalue weighted by molar-refractivity contribution is 0.835. The lowest BCUT2D eigenvalue weighted by atomic mass is 9.83. The molecule has 0 amide bonds. The number of anilines is 1. The molecule has 0 saturated carbocycles. The Labute approximate surface area is 90.2 Å². The molecular formula is C13H16N2. The minimum atomic E-state index is 0.560. The minimum Gasteiger partial charge on any atom is -0.386 e. The number of fused-ring (bicyclic) bond motifs is 2. The number of nitrogens with two attached hydrogens (primary N) is 1. The van der Waals surface area contributed by atoms with Crippen molar-refractivity contribution < 1.29 is 0 Å². The van der Waals surface area contributed by atoms with Gasteiger partial charge in [-0.05, 0) is 54.4 Å². The maximum absolute atomic E-state index is 5.66. The fourth-order valence-electron chi connectivity index (χ4n) is 2.75. The molecule has 3 N–H and O–H groups in total. The highest BCUT2D eigenvalue weighted by molar-refractivity contribution is 5.69. The summed E-state index contributed by atoms with van der Waals surface area (Å²) < 4.78 is 0. The van der Waals surface area contributed by atoms with E-state index < -0.39 is 0 Å². The van der Waals surface area contributed by atoms with E-state index in [1.165, 1.54) is 60.0 Å². The molecule has 2 heteroatoms. The van der Waals surface area contributed by atoms with Crippen molar-refractivity contribution in [3.05, 3.63) is 40.7 Å². The zero-order valence-corrected chi connectivity index (χ0v) is 8.90. The van der Waals surface area contributed by atoms with Crippen LogP contribution in [0.2, 0.25) is 0 Å². The average Bonchev–Trinajstić information content (AvgIpc) is 2.57. The summed E-state index contributed by atoms with van der Waals surface area (Å²) in [7, 11) is 0. The van der Waals surface area contributed by atoms with Crippen molar-refractivity contribution >= 4 is 5.69 Å². The van der Waals surface area contributed by atoms with Gasteiger partial charge in [0, 0.05) is 5.69 Å². The summed E-state index contributed by atoms with van der Waals surface area (Å²) in [4.78, 5) is 0. The summed E-state index contributed by atoms with van der Waals surface area (Å²) >= 11 is 0. The van der Waals surface area contributed by atoms with Crippen LogP contribution < -0.4 is 11.1 Å². The molecule has 78 valence electrons. The second-order valence-electron chi connectivity index (χ2n) is 4.53. The van der Waals surface area contributed by atoms with Crippen LogP contribution in [0.1, 0.15) is 28.7 Å². The molecular weight excluding hydrogens is 184 g/mol. The molecule has 0 saturated heterocycles. The Morgan fingerprint density at radius 1 is 1.13 bits per heavy atom. The molecule has 1 aromatic rings. The van der Waals surface area contributed by atoms with E-state index in [0.29, 0.717) is 5.82 Å². The number of hydrogen-bond donors (Lipinski definition) is 2. The summed E-state index contributed by atoms with van der Waals surface area (Å²) in [6, 6.07) is 2.39. The standard InChI is InChI=1S/C13H16N2/c1-8(14)15-13-11-4-2-3-9(11)7-10-5-6-12(10)13/h7,15H,1-6,14H2. The zero-order valence-electron chi connectivity index (χ0n) is 8.90. The molecule has 2 aliphatic rings. The van der Waals surface area contributed by atoms with Gasteiger partial charge in [0.1, 0.15) is 0 Å². The minimum absolute atomic E-state index is 0.560. The third kappa shape index (κ3) is 1.24. The van der Waals surface area contributed by atoms with E-state index >= 15 is 0 Å². The zero-order chi connectivity index (χ0) is 10.4. The Kier molecular flexibility index (Phi) is 1.78. The summed E-state index contributed by atoms with van der Waals surface area (Å²) in [5.41, 5.74) is 12.9. The van der Waals surface area contributed by atoms with Gasteiger partial charge in [-0.15, -0.1) is 0 Å². The van der Waals surface area contributed by atoms with Gasteiger partial charge in [0.25, 0.3) is 0 Å². The number of hydrogen-bond acceptors (Lipinski definition) is 2. The smallest absolute Gasteiger partial charge is 0.0930 e. The van der Waals surface area contributed by atoms with Crippen molar-refractivity contribution in [2.75, 3.05) is 5.32 Å². The Bertz CT molecular complexity index is 446. The van der Waals surface area contributed by atoms with Crippen molar-refractivity contribution in [2.45, 2.75) is 32.1 Å². The quantitative estimate of drug-likeness (QED) is 0.767. The maximum atomic E-state index is 5.66. The van der Waals surface area contributed by atoms with E-state index in [9.17, 15) is 0 Å². The number of aryl methyl sites for hydroxylation is 2. The van der Waals surface area contributed by atoms with E-state index in [-0.39, 0.29) is 0 Å². The summed E-state index contributed by atoms with van der Waals surface area (Å²) in [5.74, 6) is 0.560. The van der Waals surface area contributed by atoms with Gasteiger partial charge in [-0.3, -0.25) is 0 Å². The highest BCUT2D eigenvalue weighted by atomic mass is 15.0. The third-order valence-corrected chi connectivity index (χ3v) is 3.53. The van der Waals surface area contributed by atoms with E-state index in [4.69, 9.17) is 5.73 Å². The Balaban J connectivity index is 2.14. The predicted molar refractivity (Wildman–Crippen MR) is 62.8 cm³/mol. The van der Waals surface area contributed by atoms with Crippen molar-refractivity contribution in [2.24, 2.45) is 5.73 Å². The van der Waals surface area contributed by atoms with Gasteiger partial charge in [-0.2, -0.15) is 0 Å². The van der Waals surface area contributed by atoms with Crippen molar-refractivity contribution in [3.8, 4) is 0 Å². The van der Waals surface area contributed by atoms with Gasteiger partial charge < -0.3 is 11.1 Å². The molecule has 1 aromatic carbocycles. The lowest BCUT2D eigenvalue weighted by Gasteiger charge is -2.26. The molecule has 2 aliphatic carbocycles. The first kappa shape index (κ1) is 8.84. The molecule has 0 heterocycles. The number of rotatable bonds is 2. The van der Waals surface area contributed by atoms with Gasteiger partial charge in [0.05, 0.1) is 5.82 Å². The van der Waals surface area contributed by atoms with E-state index in [2.05, 4.69) is 18.0 Å². The Morgan fingerprint density at radius 2 is 1.87 bits per heavy atom. The van der Waals surface area contributed by atoms with E-state index in [1.807, 2.05) is 0 Å². The van der Waals surface area contributed by atoms with E-state index in [0.717, 1.165) is 0 Å². The molecule has 15 heavy (non-hydrogen) atoms. The molecule has 0 atom stereocenters. The molecule has 0 spiro atoms. The lowest BCUT2D eigenvalue weighted by Crippen LogP contribution is -2.17. The topological polar surface area (TPSA) is 38.0 Å². The molecule has 0 radical (unpaired) electrons. The highest BCUT2D eigenvalue weighted by Gasteiger charge is 2.25. The summed E-state index contributed by atoms with van der Waals surface area (Å²) in [6.45, 7) is 3.74. The van der Waals surface area contributed by atoms with Crippen LogP contribution >= 0.6 is 0 Å². The Hall–Kier alpha value is -1.44. The van der Waals surface area contributed by atoms with Crippen LogP contribution in [0.15, 0.2) is 18.5 Å². The molecule has 0 unspecified atom stereocenters. The first-order valence-electron chi connectivity index (χ1n) is 5.63. The SMILES string of the molecule is C=C(N)Nc1c2c(cc3c1CC3)CCC2. The molecule has 0 bridgehead atoms. The van der Waals surface area contributed by atoms with Gasteiger partial charge in [-0.1, -0.05) is 12.6 Å². The average molecular weight is 200 g/mol. The van der Waals surface area contributed by atoms with Gasteiger partial charge in [-0.25, -0.2) is 0 Å². The normalized spacial score (nSPS) is 16.5. The fraction of sp³-hybridized carbons (Fsp3) is 0.385. The van der Waals surface area contributed by atoms with Crippen LogP contribution in [0.25, 0.3) is 0 Å². The van der Waals surface area contributed by atoms with Crippen LogP contribution in [-0.4, -0.2) is 0 Å². The largest absolute Gasteiger partial charge is 0.386 e. The number of nitrogens with one attached hydrogen (secondary N) is 1. The second-order valence-corrected chi connectivity index (χ2v) is 4.53. The molecule has 0 fully saturated rings. The van der Waals surface area contributed by atoms with Crippen LogP contribution in [0, 0.1) is 0 Å². The first-order valence-corrected chi connectivity index (χ1v) is 5.63. The van der Waals surface area contributed by atoms with Crippen LogP contribution in [0.5, 0.6) is 0 Å². The maximum Gasteiger partial charge on any atom is 0.0930 e. The van der Waals surface area contributed by atoms with Crippen molar-refractivity contribution in [1.29, 1.82) is 0 Å². The third-order valence-electron chi connectivity index (χ3n) is 3.53. The predicted octanol–water partition coefficient (Wildman–Crippen LogP) is 2.12. The molecule has 2 nitrogen and oxygen atoms in total. The molecule has 0 aromatic heterocycles. The number of benzene rings is 1. The van der Waals surface area contributed by atoms with Crippen molar-refractivity contribution in [3.63, 3.8) is 0 Å². The van der Waals surface area contributed by atoms with Gasteiger partial charge in [0.15, 0.2) is 0 Å². The highest BCUT2D eigenvalue weighted by Crippen LogP contribution is 2.39.